The lowest BCUT2D eigenvalue weighted by Crippen LogP contribution is -2.53. The molecule has 31 heavy (non-hydrogen) atoms. The lowest BCUT2D eigenvalue weighted by atomic mass is 9.44. The number of aldehydes is 1. The topological polar surface area (TPSA) is 71.4 Å². The first-order valence-corrected chi connectivity index (χ1v) is 12.9. The molecule has 1 unspecified atom stereocenters. The van der Waals surface area contributed by atoms with Crippen LogP contribution in [-0.2, 0) is 14.4 Å². The molecule has 0 aromatic rings. The van der Waals surface area contributed by atoms with E-state index in [0.717, 1.165) is 23.7 Å². The second-order valence-electron chi connectivity index (χ2n) is 12.1. The van der Waals surface area contributed by atoms with Crippen molar-refractivity contribution in [3.8, 4) is 0 Å². The average molecular weight is 431 g/mol. The maximum absolute atomic E-state index is 12.2. The quantitative estimate of drug-likeness (QED) is 0.402. The van der Waals surface area contributed by atoms with Crippen molar-refractivity contribution in [3.05, 3.63) is 0 Å². The Morgan fingerprint density at radius 2 is 1.71 bits per heavy atom. The minimum atomic E-state index is -1.49. The molecule has 0 saturated heterocycles. The summed E-state index contributed by atoms with van der Waals surface area (Å²) in [5.74, 6) is 1.34. The fourth-order valence-electron chi connectivity index (χ4n) is 9.27. The molecule has 4 saturated carbocycles. The summed E-state index contributed by atoms with van der Waals surface area (Å²) < 4.78 is 0. The zero-order chi connectivity index (χ0) is 22.4. The van der Waals surface area contributed by atoms with E-state index in [-0.39, 0.29) is 12.7 Å². The summed E-state index contributed by atoms with van der Waals surface area (Å²) in [5, 5.41) is 9.08. The van der Waals surface area contributed by atoms with Crippen molar-refractivity contribution in [1.29, 1.82) is 0 Å². The third-order valence-corrected chi connectivity index (χ3v) is 10.9. The smallest absolute Gasteiger partial charge is 0.321 e. The average Bonchev–Trinajstić information content (AvgIpc) is 3.09. The van der Waals surface area contributed by atoms with E-state index in [1.54, 1.807) is 0 Å². The van der Waals surface area contributed by atoms with Gasteiger partial charge in [0, 0.05) is 6.42 Å². The first-order chi connectivity index (χ1) is 14.7. The number of aliphatic carboxylic acids is 1. The molecule has 4 rings (SSSR count). The molecule has 4 aliphatic carbocycles. The first-order valence-electron chi connectivity index (χ1n) is 12.9. The molecule has 0 heterocycles. The van der Waals surface area contributed by atoms with Crippen LogP contribution in [0, 0.1) is 52.3 Å². The summed E-state index contributed by atoms with van der Waals surface area (Å²) in [4.78, 5) is 34.3. The molecule has 1 N–H and O–H groups in total. The van der Waals surface area contributed by atoms with Crippen LogP contribution in [0.3, 0.4) is 0 Å². The molecule has 174 valence electrons. The van der Waals surface area contributed by atoms with Crippen molar-refractivity contribution in [2.24, 2.45) is 52.3 Å². The Labute approximate surface area is 187 Å². The molecule has 4 aliphatic rings. The van der Waals surface area contributed by atoms with Crippen molar-refractivity contribution in [2.45, 2.75) is 97.8 Å². The van der Waals surface area contributed by atoms with Crippen LogP contribution in [0.15, 0.2) is 0 Å². The lowest BCUT2D eigenvalue weighted by Gasteiger charge is -2.61. The molecule has 9 atom stereocenters. The van der Waals surface area contributed by atoms with Gasteiger partial charge in [0.15, 0.2) is 11.7 Å². The second kappa shape index (κ2) is 8.63. The van der Waals surface area contributed by atoms with Crippen LogP contribution in [0.1, 0.15) is 97.8 Å². The number of hydrogen-bond donors (Lipinski definition) is 1. The molecule has 0 spiro atoms. The highest BCUT2D eigenvalue weighted by Crippen LogP contribution is 2.68. The molecule has 0 bridgehead atoms. The predicted octanol–water partition coefficient (Wildman–Crippen LogP) is 5.92. The van der Waals surface area contributed by atoms with E-state index in [1.807, 2.05) is 0 Å². The molecule has 0 aliphatic heterocycles. The van der Waals surface area contributed by atoms with E-state index < -0.39 is 17.7 Å². The number of fused-ring (bicyclic) bond motifs is 5. The Hall–Kier alpha value is -1.19. The van der Waals surface area contributed by atoms with Gasteiger partial charge < -0.3 is 9.90 Å². The predicted molar refractivity (Wildman–Crippen MR) is 120 cm³/mol. The van der Waals surface area contributed by atoms with Gasteiger partial charge in [0.1, 0.15) is 6.29 Å². The van der Waals surface area contributed by atoms with Gasteiger partial charge in [-0.1, -0.05) is 33.6 Å². The normalized spacial score (nSPS) is 43.8. The number of carboxylic acid groups (broad SMARTS) is 1. The van der Waals surface area contributed by atoms with Crippen LogP contribution in [0.4, 0.5) is 0 Å². The van der Waals surface area contributed by atoms with Crippen molar-refractivity contribution >= 4 is 18.0 Å². The third kappa shape index (κ3) is 3.80. The summed E-state index contributed by atoms with van der Waals surface area (Å²) in [6.45, 7) is 7.42. The number of ketones is 1. The van der Waals surface area contributed by atoms with E-state index in [2.05, 4.69) is 20.8 Å². The molecule has 0 aromatic carbocycles. The van der Waals surface area contributed by atoms with Gasteiger partial charge in [-0.3, -0.25) is 9.59 Å². The SMILES string of the molecule is C[C@H](CCC(=O)C(C=O)C(=O)O)[C@H]1CC[C@H]2[C@@H]3CC[C@@H]4CCCC[C@]4(C)[C@H]3CC[C@]12C. The Balaban J connectivity index is 1.43. The Morgan fingerprint density at radius 3 is 2.42 bits per heavy atom. The molecule has 4 heteroatoms. The van der Waals surface area contributed by atoms with Gasteiger partial charge in [-0.15, -0.1) is 0 Å². The summed E-state index contributed by atoms with van der Waals surface area (Å²) in [5.41, 5.74) is 0.928. The van der Waals surface area contributed by atoms with Crippen LogP contribution in [0.25, 0.3) is 0 Å². The maximum atomic E-state index is 12.2. The largest absolute Gasteiger partial charge is 0.480 e. The minimum Gasteiger partial charge on any atom is -0.480 e. The first kappa shape index (κ1) is 23.0. The van der Waals surface area contributed by atoms with Crippen molar-refractivity contribution in [2.75, 3.05) is 0 Å². The molecule has 0 radical (unpaired) electrons. The maximum Gasteiger partial charge on any atom is 0.321 e. The fourth-order valence-corrected chi connectivity index (χ4v) is 9.27. The highest BCUT2D eigenvalue weighted by Gasteiger charge is 2.60. The van der Waals surface area contributed by atoms with E-state index in [4.69, 9.17) is 5.11 Å². The number of Topliss-reactive ketones (excluding diaryl/α,β-unsaturated/α-hetero) is 1. The molecule has 4 fully saturated rings. The van der Waals surface area contributed by atoms with Gasteiger partial charge in [0.25, 0.3) is 0 Å². The summed E-state index contributed by atoms with van der Waals surface area (Å²) >= 11 is 0. The molecule has 4 nitrogen and oxygen atoms in total. The Kier molecular flexibility index (Phi) is 6.40. The molecule has 0 amide bonds. The Morgan fingerprint density at radius 1 is 0.968 bits per heavy atom. The standard InChI is InChI=1S/C27H42O4/c1-17(7-12-24(29)20(16-28)25(30)31)21-10-11-22-19-9-8-18-6-4-5-14-26(18,2)23(19)13-15-27(21,22)3/h16-23H,4-15H2,1-3H3,(H,30,31)/t17-,18+,19+,20?,21-,22+,23+,26+,27-/m1/s1. The van der Waals surface area contributed by atoms with Gasteiger partial charge in [-0.2, -0.15) is 0 Å². The van der Waals surface area contributed by atoms with Crippen molar-refractivity contribution < 1.29 is 19.5 Å². The summed E-state index contributed by atoms with van der Waals surface area (Å²) in [6.07, 6.45) is 15.1. The molecule has 0 aromatic heterocycles. The van der Waals surface area contributed by atoms with Crippen LogP contribution >= 0.6 is 0 Å². The van der Waals surface area contributed by atoms with Gasteiger partial charge in [0.05, 0.1) is 0 Å². The van der Waals surface area contributed by atoms with E-state index in [1.165, 1.54) is 64.2 Å². The molecular weight excluding hydrogens is 388 g/mol. The van der Waals surface area contributed by atoms with Crippen LogP contribution in [0.2, 0.25) is 0 Å². The number of carbonyl (C=O) groups is 3. The summed E-state index contributed by atoms with van der Waals surface area (Å²) in [6, 6.07) is 0. The number of hydrogen-bond acceptors (Lipinski definition) is 3. The van der Waals surface area contributed by atoms with Crippen LogP contribution in [-0.4, -0.2) is 23.1 Å². The fraction of sp³-hybridized carbons (Fsp3) is 0.889. The van der Waals surface area contributed by atoms with Gasteiger partial charge >= 0.3 is 5.97 Å². The van der Waals surface area contributed by atoms with Crippen molar-refractivity contribution in [1.82, 2.24) is 0 Å². The van der Waals surface area contributed by atoms with Crippen LogP contribution in [0.5, 0.6) is 0 Å². The monoisotopic (exact) mass is 430 g/mol. The highest BCUT2D eigenvalue weighted by molar-refractivity contribution is 6.10. The summed E-state index contributed by atoms with van der Waals surface area (Å²) in [7, 11) is 0. The minimum absolute atomic E-state index is 0.208. The lowest BCUT2D eigenvalue weighted by molar-refractivity contribution is -0.147. The zero-order valence-electron chi connectivity index (χ0n) is 19.8. The van der Waals surface area contributed by atoms with Crippen LogP contribution < -0.4 is 0 Å². The Bertz CT molecular complexity index is 716. The van der Waals surface area contributed by atoms with Gasteiger partial charge in [0.2, 0.25) is 0 Å². The second-order valence-corrected chi connectivity index (χ2v) is 12.1. The third-order valence-electron chi connectivity index (χ3n) is 10.9. The van der Waals surface area contributed by atoms with Crippen molar-refractivity contribution in [3.63, 3.8) is 0 Å². The zero-order valence-corrected chi connectivity index (χ0v) is 19.8. The van der Waals surface area contributed by atoms with Gasteiger partial charge in [-0.25, -0.2) is 0 Å². The highest BCUT2D eigenvalue weighted by atomic mass is 16.4. The number of rotatable bonds is 7. The molecular formula is C27H42O4. The number of carbonyl (C=O) groups excluding carboxylic acids is 2. The van der Waals surface area contributed by atoms with E-state index in [0.29, 0.717) is 29.1 Å². The van der Waals surface area contributed by atoms with Gasteiger partial charge in [-0.05, 0) is 104 Å². The van der Waals surface area contributed by atoms with E-state index >= 15 is 0 Å². The van der Waals surface area contributed by atoms with E-state index in [9.17, 15) is 14.4 Å². The number of carboxylic acids is 1.